The molecule has 1 aromatic carbocycles. The van der Waals surface area contributed by atoms with Gasteiger partial charge in [0.2, 0.25) is 11.8 Å². The van der Waals surface area contributed by atoms with Crippen molar-refractivity contribution in [3.8, 4) is 0 Å². The van der Waals surface area contributed by atoms with Crippen molar-refractivity contribution in [1.82, 2.24) is 30.8 Å². The van der Waals surface area contributed by atoms with Crippen LogP contribution in [0.3, 0.4) is 0 Å². The first-order chi connectivity index (χ1) is 17.0. The van der Waals surface area contributed by atoms with Gasteiger partial charge in [-0.15, -0.1) is 0 Å². The third-order valence-corrected chi connectivity index (χ3v) is 8.36. The smallest absolute Gasteiger partial charge is 0.250 e. The van der Waals surface area contributed by atoms with E-state index >= 15 is 0 Å². The number of carbonyl (C=O) groups excluding carboxylic acids is 2. The predicted molar refractivity (Wildman–Crippen MR) is 128 cm³/mol. The van der Waals surface area contributed by atoms with Gasteiger partial charge in [0.05, 0.1) is 6.67 Å². The fourth-order valence-electron chi connectivity index (χ4n) is 6.47. The lowest BCUT2D eigenvalue weighted by molar-refractivity contribution is -0.142. The van der Waals surface area contributed by atoms with E-state index in [4.69, 9.17) is 4.52 Å². The van der Waals surface area contributed by atoms with E-state index in [0.29, 0.717) is 62.8 Å². The highest BCUT2D eigenvalue weighted by atomic mass is 16.5. The van der Waals surface area contributed by atoms with E-state index in [1.807, 2.05) is 23.1 Å². The maximum Gasteiger partial charge on any atom is 0.250 e. The summed E-state index contributed by atoms with van der Waals surface area (Å²) in [4.78, 5) is 37.6. The molecule has 10 heteroatoms. The number of hydrogen-bond donors (Lipinski definition) is 2. The van der Waals surface area contributed by atoms with Gasteiger partial charge in [-0.1, -0.05) is 23.4 Å². The second-order valence-electron chi connectivity index (χ2n) is 10.4. The molecule has 1 aromatic heterocycles. The number of carbonyl (C=O) groups is 2. The van der Waals surface area contributed by atoms with E-state index < -0.39 is 5.54 Å². The van der Waals surface area contributed by atoms with Crippen LogP contribution >= 0.6 is 0 Å². The molecule has 2 N–H and O–H groups in total. The predicted octanol–water partition coefficient (Wildman–Crippen LogP) is 1.44. The Kier molecular flexibility index (Phi) is 5.72. The Hall–Kier alpha value is -2.98. The molecule has 0 radical (unpaired) electrons. The van der Waals surface area contributed by atoms with Crippen LogP contribution in [0.1, 0.15) is 43.8 Å². The van der Waals surface area contributed by atoms with E-state index in [9.17, 15) is 9.59 Å². The van der Waals surface area contributed by atoms with Crippen LogP contribution in [0.15, 0.2) is 34.9 Å². The van der Waals surface area contributed by atoms with Gasteiger partial charge in [0.1, 0.15) is 12.1 Å². The van der Waals surface area contributed by atoms with Crippen LogP contribution in [0.5, 0.6) is 0 Å². The van der Waals surface area contributed by atoms with Crippen LogP contribution in [0.25, 0.3) is 0 Å². The van der Waals surface area contributed by atoms with Gasteiger partial charge >= 0.3 is 0 Å². The van der Waals surface area contributed by atoms with Gasteiger partial charge in [0.15, 0.2) is 5.82 Å². The van der Waals surface area contributed by atoms with E-state index in [2.05, 4.69) is 38.0 Å². The third-order valence-electron chi connectivity index (χ3n) is 8.36. The molecule has 4 heterocycles. The van der Waals surface area contributed by atoms with E-state index in [0.717, 1.165) is 31.5 Å². The Balaban J connectivity index is 1.19. The second kappa shape index (κ2) is 8.91. The zero-order valence-electron chi connectivity index (χ0n) is 20.2. The summed E-state index contributed by atoms with van der Waals surface area (Å²) >= 11 is 0. The van der Waals surface area contributed by atoms with Crippen molar-refractivity contribution < 1.29 is 14.1 Å². The summed E-state index contributed by atoms with van der Waals surface area (Å²) in [6, 6.07) is 10.6. The first kappa shape index (κ1) is 22.5. The summed E-state index contributed by atoms with van der Waals surface area (Å²) in [5.74, 6) is 1.97. The number of fused-ring (bicyclic) bond motifs is 1. The molecule has 1 spiro atoms. The van der Waals surface area contributed by atoms with Crippen molar-refractivity contribution in [1.29, 1.82) is 0 Å². The highest BCUT2D eigenvalue weighted by molar-refractivity contribution is 5.94. The zero-order valence-corrected chi connectivity index (χ0v) is 20.2. The lowest BCUT2D eigenvalue weighted by Gasteiger charge is -2.44. The van der Waals surface area contributed by atoms with Crippen molar-refractivity contribution in [2.75, 3.05) is 31.2 Å². The van der Waals surface area contributed by atoms with Gasteiger partial charge < -0.3 is 19.2 Å². The first-order valence-electron chi connectivity index (χ1n) is 12.7. The molecular formula is C25H33N7O3. The molecule has 3 unspecified atom stereocenters. The first-order valence-corrected chi connectivity index (χ1v) is 12.7. The minimum absolute atomic E-state index is 0.0768. The van der Waals surface area contributed by atoms with Crippen molar-refractivity contribution in [2.45, 2.75) is 57.2 Å². The van der Waals surface area contributed by atoms with E-state index in [1.165, 1.54) is 0 Å². The zero-order chi connectivity index (χ0) is 24.0. The van der Waals surface area contributed by atoms with Gasteiger partial charge in [-0.25, -0.2) is 0 Å². The van der Waals surface area contributed by atoms with Crippen molar-refractivity contribution in [3.63, 3.8) is 0 Å². The lowest BCUT2D eigenvalue weighted by Crippen LogP contribution is -2.58. The number of likely N-dealkylation sites (tertiary alicyclic amines) is 1. The van der Waals surface area contributed by atoms with Crippen LogP contribution in [0, 0.1) is 18.8 Å². The number of hydrogen-bond acceptors (Lipinski definition) is 8. The maximum absolute atomic E-state index is 13.9. The van der Waals surface area contributed by atoms with Gasteiger partial charge in [-0.05, 0) is 57.1 Å². The monoisotopic (exact) mass is 479 g/mol. The SMILES string of the molecule is Cc1noc(CN2CN(c3ccccc3)C3(CCN(C(=O)C4CCC5NNCC5C4)CC3)C2=O)n1. The third kappa shape index (κ3) is 3.98. The number of aromatic nitrogens is 2. The lowest BCUT2D eigenvalue weighted by atomic mass is 9.77. The summed E-state index contributed by atoms with van der Waals surface area (Å²) in [5.41, 5.74) is 6.94. The van der Waals surface area contributed by atoms with Crippen molar-refractivity contribution >= 4 is 17.5 Å². The van der Waals surface area contributed by atoms with E-state index in [1.54, 1.807) is 11.8 Å². The van der Waals surface area contributed by atoms with Crippen LogP contribution in [0.4, 0.5) is 5.69 Å². The fourth-order valence-corrected chi connectivity index (χ4v) is 6.47. The Labute approximate surface area is 205 Å². The quantitative estimate of drug-likeness (QED) is 0.679. The number of aryl methyl sites for hydroxylation is 1. The van der Waals surface area contributed by atoms with Gasteiger partial charge in [0.25, 0.3) is 5.91 Å². The molecule has 3 aliphatic heterocycles. The molecule has 186 valence electrons. The van der Waals surface area contributed by atoms with Crippen molar-refractivity contribution in [3.05, 3.63) is 42.0 Å². The molecule has 4 aliphatic rings. The Morgan fingerprint density at radius 3 is 2.74 bits per heavy atom. The van der Waals surface area contributed by atoms with Gasteiger partial charge in [0, 0.05) is 37.3 Å². The number of rotatable bonds is 4. The number of anilines is 1. The molecule has 35 heavy (non-hydrogen) atoms. The van der Waals surface area contributed by atoms with Gasteiger partial charge in [-0.3, -0.25) is 20.4 Å². The van der Waals surface area contributed by atoms with Crippen LogP contribution < -0.4 is 15.8 Å². The van der Waals surface area contributed by atoms with E-state index in [-0.39, 0.29) is 17.7 Å². The molecule has 3 atom stereocenters. The van der Waals surface area contributed by atoms with Crippen LogP contribution in [0.2, 0.25) is 0 Å². The molecule has 6 rings (SSSR count). The summed E-state index contributed by atoms with van der Waals surface area (Å²) in [5, 5.41) is 3.87. The molecule has 2 aromatic rings. The molecule has 4 fully saturated rings. The highest BCUT2D eigenvalue weighted by Gasteiger charge is 2.54. The molecule has 0 bridgehead atoms. The molecule has 1 saturated carbocycles. The van der Waals surface area contributed by atoms with Crippen molar-refractivity contribution in [2.24, 2.45) is 11.8 Å². The molecule has 10 nitrogen and oxygen atoms in total. The Bertz CT molecular complexity index is 1080. The summed E-state index contributed by atoms with van der Waals surface area (Å²) in [6.45, 7) is 4.66. The minimum atomic E-state index is -0.663. The number of para-hydroxylation sites is 1. The number of nitrogens with zero attached hydrogens (tertiary/aromatic N) is 5. The fraction of sp³-hybridized carbons (Fsp3) is 0.600. The maximum atomic E-state index is 13.9. The summed E-state index contributed by atoms with van der Waals surface area (Å²) in [7, 11) is 0. The number of benzene rings is 1. The topological polar surface area (TPSA) is 107 Å². The average Bonchev–Trinajstić information content (AvgIpc) is 3.59. The Morgan fingerprint density at radius 2 is 2.00 bits per heavy atom. The number of amides is 2. The Morgan fingerprint density at radius 1 is 1.20 bits per heavy atom. The average molecular weight is 480 g/mol. The molecule has 1 aliphatic carbocycles. The molecular weight excluding hydrogens is 446 g/mol. The number of hydrazine groups is 1. The second-order valence-corrected chi connectivity index (χ2v) is 10.4. The highest BCUT2D eigenvalue weighted by Crippen LogP contribution is 2.41. The van der Waals surface area contributed by atoms with Gasteiger partial charge in [-0.2, -0.15) is 4.98 Å². The van der Waals surface area contributed by atoms with Crippen LogP contribution in [-0.2, 0) is 16.1 Å². The summed E-state index contributed by atoms with van der Waals surface area (Å²) in [6.07, 6.45) is 4.15. The normalized spacial score (nSPS) is 28.1. The molecule has 2 amide bonds. The summed E-state index contributed by atoms with van der Waals surface area (Å²) < 4.78 is 5.30. The number of nitrogens with one attached hydrogen (secondary N) is 2. The largest absolute Gasteiger partial charge is 0.342 e. The minimum Gasteiger partial charge on any atom is -0.342 e. The molecule has 3 saturated heterocycles. The standard InChI is InChI=1S/C25H33N7O3/c1-17-27-22(35-29-17)15-31-16-32(20-5-3-2-4-6-20)25(24(31)34)9-11-30(12-10-25)23(33)18-7-8-21-19(13-18)14-26-28-21/h2-6,18-19,21,26,28H,7-16H2,1H3. The van der Waals surface area contributed by atoms with Crippen LogP contribution in [-0.4, -0.2) is 69.6 Å². The number of piperidine rings is 1.